The second-order valence-corrected chi connectivity index (χ2v) is 5.29. The lowest BCUT2D eigenvalue weighted by Crippen LogP contribution is -2.08. The number of nitro benzene ring substituents is 1. The van der Waals surface area contributed by atoms with Crippen LogP contribution < -0.4 is 0 Å². The molecule has 0 spiro atoms. The number of carbonyl (C=O) groups is 1. The van der Waals surface area contributed by atoms with Gasteiger partial charge in [0.15, 0.2) is 5.82 Å². The molecular weight excluding hydrogens is 317 g/mol. The van der Waals surface area contributed by atoms with Gasteiger partial charge in [0.05, 0.1) is 16.2 Å². The fourth-order valence-corrected chi connectivity index (χ4v) is 2.04. The number of benzene rings is 1. The quantitative estimate of drug-likeness (QED) is 0.663. The topological polar surface area (TPSA) is 106 Å². The van der Waals surface area contributed by atoms with Gasteiger partial charge < -0.3 is 5.11 Å². The lowest BCUT2D eigenvalue weighted by atomic mass is 10.1. The summed E-state index contributed by atoms with van der Waals surface area (Å²) in [5.41, 5.74) is 0.198. The van der Waals surface area contributed by atoms with Crippen LogP contribution in [-0.4, -0.2) is 26.0 Å². The number of carboxylic acid groups (broad SMARTS) is 1. The van der Waals surface area contributed by atoms with Crippen LogP contribution in [-0.2, 0) is 0 Å². The van der Waals surface area contributed by atoms with Crippen molar-refractivity contribution >= 4 is 23.8 Å². The molecule has 1 aromatic carbocycles. The standard InChI is InChI=1S/C16H14FN3O4/c1-9(2)15-11(16(21)22)8-18-14(19-15)6-4-10-3-5-12(17)13(7-10)20(23)24/h3-9H,1-2H3,(H,21,22)/b6-4+. The Kier molecular flexibility index (Phi) is 4.98. The molecule has 1 heterocycles. The second kappa shape index (κ2) is 6.95. The minimum Gasteiger partial charge on any atom is -0.478 e. The number of rotatable bonds is 5. The number of hydrogen-bond acceptors (Lipinski definition) is 5. The molecule has 0 unspecified atom stereocenters. The van der Waals surface area contributed by atoms with Crippen LogP contribution in [0, 0.1) is 15.9 Å². The molecule has 0 saturated carbocycles. The summed E-state index contributed by atoms with van der Waals surface area (Å²) in [4.78, 5) is 29.2. The van der Waals surface area contributed by atoms with E-state index in [-0.39, 0.29) is 17.3 Å². The highest BCUT2D eigenvalue weighted by atomic mass is 19.1. The van der Waals surface area contributed by atoms with Crippen LogP contribution in [0.5, 0.6) is 0 Å². The summed E-state index contributed by atoms with van der Waals surface area (Å²) in [5, 5.41) is 19.9. The number of halogens is 1. The number of nitrogens with zero attached hydrogens (tertiary/aromatic N) is 3. The Balaban J connectivity index is 2.36. The van der Waals surface area contributed by atoms with Crippen LogP contribution >= 0.6 is 0 Å². The van der Waals surface area contributed by atoms with Crippen molar-refractivity contribution in [2.24, 2.45) is 0 Å². The van der Waals surface area contributed by atoms with E-state index in [2.05, 4.69) is 9.97 Å². The van der Waals surface area contributed by atoms with Gasteiger partial charge in [-0.3, -0.25) is 10.1 Å². The van der Waals surface area contributed by atoms with Crippen molar-refractivity contribution in [2.45, 2.75) is 19.8 Å². The van der Waals surface area contributed by atoms with Gasteiger partial charge in [-0.15, -0.1) is 0 Å². The molecule has 2 rings (SSSR count). The summed E-state index contributed by atoms with van der Waals surface area (Å²) in [6, 6.07) is 3.49. The van der Waals surface area contributed by atoms with E-state index in [9.17, 15) is 19.3 Å². The molecule has 0 atom stereocenters. The van der Waals surface area contributed by atoms with Crippen LogP contribution in [0.25, 0.3) is 12.2 Å². The number of aromatic nitrogens is 2. The highest BCUT2D eigenvalue weighted by Crippen LogP contribution is 2.20. The Morgan fingerprint density at radius 1 is 1.38 bits per heavy atom. The van der Waals surface area contributed by atoms with Gasteiger partial charge in [-0.1, -0.05) is 26.0 Å². The summed E-state index contributed by atoms with van der Waals surface area (Å²) in [6.45, 7) is 3.62. The summed E-state index contributed by atoms with van der Waals surface area (Å²) < 4.78 is 13.3. The molecule has 0 saturated heterocycles. The predicted octanol–water partition coefficient (Wildman–Crippen LogP) is 3.52. The van der Waals surface area contributed by atoms with Gasteiger partial charge in [-0.05, 0) is 23.6 Å². The summed E-state index contributed by atoms with van der Waals surface area (Å²) >= 11 is 0. The van der Waals surface area contributed by atoms with Gasteiger partial charge in [0, 0.05) is 12.3 Å². The fourth-order valence-electron chi connectivity index (χ4n) is 2.04. The molecule has 1 N–H and O–H groups in total. The monoisotopic (exact) mass is 331 g/mol. The van der Waals surface area contributed by atoms with E-state index in [0.29, 0.717) is 11.3 Å². The molecule has 0 bridgehead atoms. The molecule has 8 heteroatoms. The van der Waals surface area contributed by atoms with Crippen LogP contribution in [0.15, 0.2) is 24.4 Å². The number of hydrogen-bond donors (Lipinski definition) is 1. The molecule has 0 aliphatic rings. The molecule has 2 aromatic rings. The normalized spacial score (nSPS) is 11.2. The van der Waals surface area contributed by atoms with Crippen molar-refractivity contribution in [1.82, 2.24) is 9.97 Å². The number of nitro groups is 1. The summed E-state index contributed by atoms with van der Waals surface area (Å²) in [5.74, 6) is -1.88. The molecule has 24 heavy (non-hydrogen) atoms. The van der Waals surface area contributed by atoms with Gasteiger partial charge in [0.25, 0.3) is 0 Å². The van der Waals surface area contributed by atoms with E-state index in [1.54, 1.807) is 0 Å². The molecule has 124 valence electrons. The Morgan fingerprint density at radius 3 is 2.67 bits per heavy atom. The summed E-state index contributed by atoms with van der Waals surface area (Å²) in [6.07, 6.45) is 4.19. The number of aromatic carboxylic acids is 1. The zero-order valence-electron chi connectivity index (χ0n) is 12.9. The van der Waals surface area contributed by atoms with Gasteiger partial charge >= 0.3 is 11.7 Å². The van der Waals surface area contributed by atoms with E-state index in [1.807, 2.05) is 13.8 Å². The molecule has 1 aromatic heterocycles. The minimum absolute atomic E-state index is 0.0274. The molecule has 0 fully saturated rings. The van der Waals surface area contributed by atoms with E-state index < -0.39 is 22.4 Å². The van der Waals surface area contributed by atoms with Gasteiger partial charge in [0.1, 0.15) is 0 Å². The van der Waals surface area contributed by atoms with Crippen molar-refractivity contribution in [2.75, 3.05) is 0 Å². The van der Waals surface area contributed by atoms with E-state index >= 15 is 0 Å². The molecule has 0 aliphatic carbocycles. The van der Waals surface area contributed by atoms with Crippen molar-refractivity contribution in [1.29, 1.82) is 0 Å². The van der Waals surface area contributed by atoms with Crippen molar-refractivity contribution in [3.63, 3.8) is 0 Å². The van der Waals surface area contributed by atoms with Gasteiger partial charge in [-0.25, -0.2) is 14.8 Å². The van der Waals surface area contributed by atoms with Crippen LogP contribution in [0.1, 0.15) is 47.2 Å². The average Bonchev–Trinajstić information content (AvgIpc) is 2.53. The van der Waals surface area contributed by atoms with Crippen molar-refractivity contribution in [3.8, 4) is 0 Å². The van der Waals surface area contributed by atoms with Crippen LogP contribution in [0.4, 0.5) is 10.1 Å². The first-order valence-electron chi connectivity index (χ1n) is 7.02. The lowest BCUT2D eigenvalue weighted by Gasteiger charge is -2.08. The first-order chi connectivity index (χ1) is 11.3. The maximum absolute atomic E-state index is 13.3. The molecular formula is C16H14FN3O4. The third-order valence-corrected chi connectivity index (χ3v) is 3.21. The Hall–Kier alpha value is -3.16. The zero-order valence-corrected chi connectivity index (χ0v) is 12.9. The zero-order chi connectivity index (χ0) is 17.9. The van der Waals surface area contributed by atoms with Gasteiger partial charge in [0.2, 0.25) is 5.82 Å². The first-order valence-corrected chi connectivity index (χ1v) is 7.02. The van der Waals surface area contributed by atoms with E-state index in [1.165, 1.54) is 24.4 Å². The Bertz CT molecular complexity index is 834. The molecule has 7 nitrogen and oxygen atoms in total. The van der Waals surface area contributed by atoms with Gasteiger partial charge in [-0.2, -0.15) is 4.39 Å². The SMILES string of the molecule is CC(C)c1nc(/C=C/c2ccc(F)c([N+](=O)[O-])c2)ncc1C(=O)O. The maximum Gasteiger partial charge on any atom is 0.339 e. The smallest absolute Gasteiger partial charge is 0.339 e. The Labute approximate surface area is 136 Å². The average molecular weight is 331 g/mol. The minimum atomic E-state index is -1.11. The summed E-state index contributed by atoms with van der Waals surface area (Å²) in [7, 11) is 0. The first kappa shape index (κ1) is 17.2. The maximum atomic E-state index is 13.3. The second-order valence-electron chi connectivity index (χ2n) is 5.29. The lowest BCUT2D eigenvalue weighted by molar-refractivity contribution is -0.387. The van der Waals surface area contributed by atoms with E-state index in [4.69, 9.17) is 5.11 Å². The largest absolute Gasteiger partial charge is 0.478 e. The molecule has 0 radical (unpaired) electrons. The van der Waals surface area contributed by atoms with E-state index in [0.717, 1.165) is 12.1 Å². The Morgan fingerprint density at radius 2 is 2.08 bits per heavy atom. The van der Waals surface area contributed by atoms with Crippen molar-refractivity contribution in [3.05, 3.63) is 63.0 Å². The third-order valence-electron chi connectivity index (χ3n) is 3.21. The van der Waals surface area contributed by atoms with Crippen LogP contribution in [0.3, 0.4) is 0 Å². The fraction of sp³-hybridized carbons (Fsp3) is 0.188. The molecule has 0 aliphatic heterocycles. The highest BCUT2D eigenvalue weighted by Gasteiger charge is 2.16. The molecule has 0 amide bonds. The van der Waals surface area contributed by atoms with Crippen molar-refractivity contribution < 1.29 is 19.2 Å². The third kappa shape index (κ3) is 3.78. The van der Waals surface area contributed by atoms with Crippen LogP contribution in [0.2, 0.25) is 0 Å². The number of carboxylic acids is 1. The highest BCUT2D eigenvalue weighted by molar-refractivity contribution is 5.88. The predicted molar refractivity (Wildman–Crippen MR) is 85.1 cm³/mol.